The molecule has 1 saturated heterocycles. The lowest BCUT2D eigenvalue weighted by Crippen LogP contribution is -2.29. The van der Waals surface area contributed by atoms with Gasteiger partial charge >= 0.3 is 11.9 Å². The van der Waals surface area contributed by atoms with E-state index in [-0.39, 0.29) is 33.3 Å². The Morgan fingerprint density at radius 2 is 1.86 bits per heavy atom. The van der Waals surface area contributed by atoms with E-state index in [9.17, 15) is 19.5 Å². The third-order valence-electron chi connectivity index (χ3n) is 5.84. The lowest BCUT2D eigenvalue weighted by molar-refractivity contribution is -0.132. The summed E-state index contributed by atoms with van der Waals surface area (Å²) in [5, 5.41) is 11.3. The zero-order valence-corrected chi connectivity index (χ0v) is 21.5. The van der Waals surface area contributed by atoms with Crippen molar-refractivity contribution in [1.82, 2.24) is 4.98 Å². The monoisotopic (exact) mass is 524 g/mol. The number of aliphatic hydroxyl groups excluding tert-OH is 1. The van der Waals surface area contributed by atoms with Crippen molar-refractivity contribution in [3.8, 4) is 5.75 Å². The van der Waals surface area contributed by atoms with Crippen LogP contribution in [0.3, 0.4) is 0 Å². The number of carbonyl (C=O) groups is 3. The summed E-state index contributed by atoms with van der Waals surface area (Å²) in [5.74, 6) is -3.14. The van der Waals surface area contributed by atoms with E-state index < -0.39 is 35.3 Å². The Morgan fingerprint density at radius 1 is 1.14 bits per heavy atom. The van der Waals surface area contributed by atoms with Crippen LogP contribution in [-0.2, 0) is 14.3 Å². The Kier molecular flexibility index (Phi) is 7.40. The van der Waals surface area contributed by atoms with Crippen LogP contribution in [-0.4, -0.2) is 41.0 Å². The summed E-state index contributed by atoms with van der Waals surface area (Å²) in [6.07, 6.45) is 0. The molecule has 1 N–H and O–H groups in total. The highest BCUT2D eigenvalue weighted by Gasteiger charge is 2.49. The minimum absolute atomic E-state index is 0.00329. The zero-order valence-electron chi connectivity index (χ0n) is 20.7. The molecule has 0 spiro atoms. The van der Waals surface area contributed by atoms with Crippen LogP contribution in [0.15, 0.2) is 48.0 Å². The van der Waals surface area contributed by atoms with Crippen LogP contribution in [0, 0.1) is 19.7 Å². The number of Topliss-reactive ketones (excluding diaryl/α,β-unsaturated/α-hetero) is 1. The molecule has 8 nitrogen and oxygen atoms in total. The summed E-state index contributed by atoms with van der Waals surface area (Å²) in [4.78, 5) is 44.5. The first-order valence-corrected chi connectivity index (χ1v) is 12.4. The number of anilines is 1. The summed E-state index contributed by atoms with van der Waals surface area (Å²) in [6, 6.07) is 9.20. The predicted molar refractivity (Wildman–Crippen MR) is 136 cm³/mol. The average Bonchev–Trinajstić information content (AvgIpc) is 3.37. The quantitative estimate of drug-likeness (QED) is 0.198. The van der Waals surface area contributed by atoms with Gasteiger partial charge in [-0.05, 0) is 57.5 Å². The van der Waals surface area contributed by atoms with Crippen molar-refractivity contribution >= 4 is 39.9 Å². The van der Waals surface area contributed by atoms with Crippen LogP contribution < -0.4 is 9.64 Å². The molecule has 1 fully saturated rings. The number of carbonyl (C=O) groups excluding carboxylic acids is 3. The van der Waals surface area contributed by atoms with E-state index in [0.717, 1.165) is 16.2 Å². The van der Waals surface area contributed by atoms with Gasteiger partial charge in [0.05, 0.1) is 24.5 Å². The Labute approximate surface area is 217 Å². The van der Waals surface area contributed by atoms with Crippen molar-refractivity contribution in [3.63, 3.8) is 0 Å². The van der Waals surface area contributed by atoms with Gasteiger partial charge in [0.1, 0.15) is 28.2 Å². The molecule has 0 radical (unpaired) electrons. The van der Waals surface area contributed by atoms with E-state index in [4.69, 9.17) is 9.47 Å². The number of benzene rings is 2. The third-order valence-corrected chi connectivity index (χ3v) is 6.98. The largest absolute Gasteiger partial charge is 0.507 e. The van der Waals surface area contributed by atoms with Crippen molar-refractivity contribution in [1.29, 1.82) is 0 Å². The number of aryl methyl sites for hydroxylation is 2. The molecular formula is C27H25FN2O6S. The number of thiazole rings is 1. The van der Waals surface area contributed by atoms with Gasteiger partial charge in [-0.3, -0.25) is 14.5 Å². The second-order valence-corrected chi connectivity index (χ2v) is 9.21. The lowest BCUT2D eigenvalue weighted by Gasteiger charge is -2.23. The van der Waals surface area contributed by atoms with E-state index >= 15 is 4.39 Å². The lowest BCUT2D eigenvalue weighted by atomic mass is 9.94. The van der Waals surface area contributed by atoms with Crippen LogP contribution in [0.1, 0.15) is 51.9 Å². The molecule has 3 aromatic rings. The number of aliphatic hydroxyl groups is 1. The third kappa shape index (κ3) is 4.72. The van der Waals surface area contributed by atoms with Crippen molar-refractivity contribution in [2.24, 2.45) is 0 Å². The zero-order chi connectivity index (χ0) is 26.9. The Morgan fingerprint density at radius 3 is 2.51 bits per heavy atom. The number of aromatic nitrogens is 1. The summed E-state index contributed by atoms with van der Waals surface area (Å²) in [5.41, 5.74) is 0.982. The highest BCUT2D eigenvalue weighted by atomic mass is 32.1. The maximum atomic E-state index is 15.1. The van der Waals surface area contributed by atoms with Crippen molar-refractivity contribution in [3.05, 3.63) is 81.1 Å². The fourth-order valence-electron chi connectivity index (χ4n) is 4.16. The van der Waals surface area contributed by atoms with Crippen molar-refractivity contribution < 1.29 is 33.4 Å². The normalized spacial score (nSPS) is 16.8. The van der Waals surface area contributed by atoms with Gasteiger partial charge < -0.3 is 14.6 Å². The second kappa shape index (κ2) is 10.5. The van der Waals surface area contributed by atoms with Crippen molar-refractivity contribution in [2.75, 3.05) is 18.1 Å². The molecule has 37 heavy (non-hydrogen) atoms. The van der Waals surface area contributed by atoms with Gasteiger partial charge in [0.2, 0.25) is 0 Å². The molecule has 1 aliphatic rings. The molecule has 0 saturated carbocycles. The summed E-state index contributed by atoms with van der Waals surface area (Å²) >= 11 is 0.858. The second-order valence-electron chi connectivity index (χ2n) is 8.24. The number of hydrogen-bond acceptors (Lipinski definition) is 8. The summed E-state index contributed by atoms with van der Waals surface area (Å²) in [7, 11) is 0. The van der Waals surface area contributed by atoms with Crippen LogP contribution in [0.5, 0.6) is 5.75 Å². The van der Waals surface area contributed by atoms with Gasteiger partial charge in [0.25, 0.3) is 5.78 Å². The fourth-order valence-corrected chi connectivity index (χ4v) is 5.15. The molecule has 0 unspecified atom stereocenters. The smallest absolute Gasteiger partial charge is 0.350 e. The number of esters is 1. The molecule has 1 aromatic heterocycles. The standard InChI is InChI=1S/C27H25FN2O6S/c1-5-35-19-12-11-16(13-14(19)3)22(31)20-21(17-9-7-8-10-18(17)28)30(25(33)23(20)32)27-29-15(4)24(37-27)26(34)36-6-2/h7-13,21,31H,5-6H2,1-4H3/t21-/m1/s1. The predicted octanol–water partition coefficient (Wildman–Crippen LogP) is 5.10. The molecule has 1 atom stereocenters. The summed E-state index contributed by atoms with van der Waals surface area (Å²) in [6.45, 7) is 7.46. The Hall–Kier alpha value is -4.05. The molecule has 0 bridgehead atoms. The van der Waals surface area contributed by atoms with Gasteiger partial charge in [-0.2, -0.15) is 0 Å². The van der Waals surface area contributed by atoms with Gasteiger partial charge in [-0.15, -0.1) is 0 Å². The van der Waals surface area contributed by atoms with E-state index in [1.807, 2.05) is 6.92 Å². The van der Waals surface area contributed by atoms with Crippen molar-refractivity contribution in [2.45, 2.75) is 33.7 Å². The number of halogens is 1. The number of ether oxygens (including phenoxy) is 2. The number of amides is 1. The Bertz CT molecular complexity index is 1430. The molecule has 192 valence electrons. The van der Waals surface area contributed by atoms with Crippen LogP contribution in [0.4, 0.5) is 9.52 Å². The molecule has 1 amide bonds. The Balaban J connectivity index is 1.91. The van der Waals surface area contributed by atoms with Gasteiger partial charge in [0, 0.05) is 11.1 Å². The first-order chi connectivity index (χ1) is 17.7. The molecule has 10 heteroatoms. The minimum atomic E-state index is -1.31. The highest BCUT2D eigenvalue weighted by molar-refractivity contribution is 7.17. The van der Waals surface area contributed by atoms with E-state index in [1.54, 1.807) is 45.0 Å². The van der Waals surface area contributed by atoms with Crippen LogP contribution in [0.25, 0.3) is 5.76 Å². The summed E-state index contributed by atoms with van der Waals surface area (Å²) < 4.78 is 25.7. The minimum Gasteiger partial charge on any atom is -0.507 e. The maximum absolute atomic E-state index is 15.1. The number of hydrogen-bond donors (Lipinski definition) is 1. The number of rotatable bonds is 7. The van der Waals surface area contributed by atoms with Gasteiger partial charge in [-0.25, -0.2) is 14.2 Å². The molecular weight excluding hydrogens is 499 g/mol. The van der Waals surface area contributed by atoms with Gasteiger partial charge in [-0.1, -0.05) is 29.5 Å². The average molecular weight is 525 g/mol. The highest BCUT2D eigenvalue weighted by Crippen LogP contribution is 2.44. The van der Waals surface area contributed by atoms with E-state index in [0.29, 0.717) is 23.6 Å². The van der Waals surface area contributed by atoms with Crippen LogP contribution in [0.2, 0.25) is 0 Å². The topological polar surface area (TPSA) is 106 Å². The number of ketones is 1. The van der Waals surface area contributed by atoms with E-state index in [2.05, 4.69) is 4.98 Å². The SMILES string of the molecule is CCOC(=O)c1sc(N2C(=O)C(=O)C(=C(O)c3ccc(OCC)c(C)c3)[C@H]2c2ccccc2F)nc1C. The molecule has 0 aliphatic carbocycles. The molecule has 2 heterocycles. The maximum Gasteiger partial charge on any atom is 0.350 e. The first-order valence-electron chi connectivity index (χ1n) is 11.6. The molecule has 1 aliphatic heterocycles. The molecule has 2 aromatic carbocycles. The molecule has 4 rings (SSSR count). The van der Waals surface area contributed by atoms with Crippen LogP contribution >= 0.6 is 11.3 Å². The number of nitrogens with zero attached hydrogens (tertiary/aromatic N) is 2. The first kappa shape index (κ1) is 26.0. The van der Waals surface area contributed by atoms with Gasteiger partial charge in [0.15, 0.2) is 5.13 Å². The fraction of sp³-hybridized carbons (Fsp3) is 0.259. The van der Waals surface area contributed by atoms with E-state index in [1.165, 1.54) is 18.2 Å².